The zero-order chi connectivity index (χ0) is 23.1. The van der Waals surface area contributed by atoms with Crippen LogP contribution in [0.1, 0.15) is 81.3 Å². The standard InChI is InChI=1S/C27H41N3O2/c1-6-10-23(30-16-13-20(14-17-30)15-18-31)24-19(4)28-26(29-27(24)32-5)25-21(7-2)11-9-12-22(25)8-3/h9,11-12,20,23,31H,6-8,10,13-18H2,1-5H3. The summed E-state index contributed by atoms with van der Waals surface area (Å²) in [5, 5.41) is 9.31. The number of hydrogen-bond donors (Lipinski definition) is 1. The summed E-state index contributed by atoms with van der Waals surface area (Å²) < 4.78 is 5.90. The summed E-state index contributed by atoms with van der Waals surface area (Å²) in [7, 11) is 1.73. The van der Waals surface area contributed by atoms with E-state index in [4.69, 9.17) is 14.7 Å². The van der Waals surface area contributed by atoms with E-state index in [-0.39, 0.29) is 6.04 Å². The Balaban J connectivity index is 2.01. The van der Waals surface area contributed by atoms with Gasteiger partial charge in [0, 0.05) is 18.2 Å². The Kier molecular flexibility index (Phi) is 9.06. The highest BCUT2D eigenvalue weighted by molar-refractivity contribution is 5.66. The first-order valence-electron chi connectivity index (χ1n) is 12.5. The van der Waals surface area contributed by atoms with Crippen molar-refractivity contribution < 1.29 is 9.84 Å². The lowest BCUT2D eigenvalue weighted by Crippen LogP contribution is -2.37. The van der Waals surface area contributed by atoms with Crippen molar-refractivity contribution >= 4 is 0 Å². The Morgan fingerprint density at radius 3 is 2.28 bits per heavy atom. The van der Waals surface area contributed by atoms with Gasteiger partial charge in [-0.1, -0.05) is 45.4 Å². The van der Waals surface area contributed by atoms with Gasteiger partial charge in [-0.2, -0.15) is 4.98 Å². The number of aryl methyl sites for hydroxylation is 3. The molecule has 1 aromatic carbocycles. The first-order chi connectivity index (χ1) is 15.6. The predicted octanol–water partition coefficient (Wildman–Crippen LogP) is 5.52. The van der Waals surface area contributed by atoms with Crippen LogP contribution in [0.4, 0.5) is 0 Å². The SMILES string of the molecule is CCCC(c1c(C)nc(-c2c(CC)cccc2CC)nc1OC)N1CCC(CCO)CC1. The summed E-state index contributed by atoms with van der Waals surface area (Å²) >= 11 is 0. The van der Waals surface area contributed by atoms with Crippen molar-refractivity contribution in [2.24, 2.45) is 5.92 Å². The number of rotatable bonds is 10. The van der Waals surface area contributed by atoms with Gasteiger partial charge in [0.2, 0.25) is 5.88 Å². The quantitative estimate of drug-likeness (QED) is 0.528. The Morgan fingerprint density at radius 2 is 1.75 bits per heavy atom. The molecule has 176 valence electrons. The Morgan fingerprint density at radius 1 is 1.09 bits per heavy atom. The molecule has 1 aromatic heterocycles. The molecule has 0 radical (unpaired) electrons. The van der Waals surface area contributed by atoms with Crippen molar-refractivity contribution in [3.05, 3.63) is 40.6 Å². The van der Waals surface area contributed by atoms with Crippen LogP contribution in [-0.2, 0) is 12.8 Å². The molecule has 0 saturated carbocycles. The van der Waals surface area contributed by atoms with E-state index in [1.54, 1.807) is 7.11 Å². The second kappa shape index (κ2) is 11.8. The zero-order valence-electron chi connectivity index (χ0n) is 20.7. The van der Waals surface area contributed by atoms with Gasteiger partial charge in [0.15, 0.2) is 5.82 Å². The van der Waals surface area contributed by atoms with Gasteiger partial charge in [-0.3, -0.25) is 4.90 Å². The number of nitrogens with zero attached hydrogens (tertiary/aromatic N) is 3. The van der Waals surface area contributed by atoms with Gasteiger partial charge in [0.05, 0.1) is 18.4 Å². The summed E-state index contributed by atoms with van der Waals surface area (Å²) in [6, 6.07) is 6.77. The molecule has 0 spiro atoms. The van der Waals surface area contributed by atoms with Gasteiger partial charge in [-0.15, -0.1) is 0 Å². The maximum atomic E-state index is 9.31. The third-order valence-corrected chi connectivity index (χ3v) is 7.04. The van der Waals surface area contributed by atoms with Crippen molar-refractivity contribution in [1.29, 1.82) is 0 Å². The molecule has 32 heavy (non-hydrogen) atoms. The fourth-order valence-electron chi connectivity index (χ4n) is 5.25. The molecular formula is C27H41N3O2. The molecule has 0 bridgehead atoms. The maximum absolute atomic E-state index is 9.31. The largest absolute Gasteiger partial charge is 0.481 e. The minimum atomic E-state index is 0.270. The Labute approximate surface area is 194 Å². The average molecular weight is 440 g/mol. The van der Waals surface area contributed by atoms with Gasteiger partial charge in [-0.05, 0) is 75.6 Å². The number of piperidine rings is 1. The molecule has 1 aliphatic heterocycles. The van der Waals surface area contributed by atoms with Crippen LogP contribution < -0.4 is 4.74 Å². The molecule has 0 aliphatic carbocycles. The van der Waals surface area contributed by atoms with Gasteiger partial charge >= 0.3 is 0 Å². The Hall–Kier alpha value is -1.98. The summed E-state index contributed by atoms with van der Waals surface area (Å²) in [6.45, 7) is 11.1. The summed E-state index contributed by atoms with van der Waals surface area (Å²) in [5.74, 6) is 2.14. The van der Waals surface area contributed by atoms with Crippen molar-refractivity contribution in [3.63, 3.8) is 0 Å². The number of likely N-dealkylation sites (tertiary alicyclic amines) is 1. The molecule has 1 unspecified atom stereocenters. The van der Waals surface area contributed by atoms with Crippen LogP contribution in [0.5, 0.6) is 5.88 Å². The van der Waals surface area contributed by atoms with Crippen LogP contribution in [0, 0.1) is 12.8 Å². The molecule has 1 N–H and O–H groups in total. The number of ether oxygens (including phenoxy) is 1. The fourth-order valence-corrected chi connectivity index (χ4v) is 5.25. The topological polar surface area (TPSA) is 58.5 Å². The van der Waals surface area contributed by atoms with E-state index in [0.717, 1.165) is 81.0 Å². The number of aliphatic hydroxyl groups excluding tert-OH is 1. The molecule has 1 atom stereocenters. The van der Waals surface area contributed by atoms with Crippen molar-refractivity contribution in [2.45, 2.75) is 78.7 Å². The lowest BCUT2D eigenvalue weighted by atomic mass is 9.90. The monoisotopic (exact) mass is 439 g/mol. The van der Waals surface area contributed by atoms with E-state index < -0.39 is 0 Å². The summed E-state index contributed by atoms with van der Waals surface area (Å²) in [6.07, 6.45) is 7.28. The van der Waals surface area contributed by atoms with Crippen LogP contribution in [0.25, 0.3) is 11.4 Å². The number of hydrogen-bond acceptors (Lipinski definition) is 5. The normalized spacial score (nSPS) is 16.3. The molecule has 1 saturated heterocycles. The van der Waals surface area contributed by atoms with E-state index in [0.29, 0.717) is 12.5 Å². The predicted molar refractivity (Wildman–Crippen MR) is 131 cm³/mol. The van der Waals surface area contributed by atoms with Gasteiger partial charge < -0.3 is 9.84 Å². The first kappa shape index (κ1) is 24.7. The van der Waals surface area contributed by atoms with Crippen LogP contribution in [0.3, 0.4) is 0 Å². The molecule has 5 nitrogen and oxygen atoms in total. The molecule has 3 rings (SSSR count). The Bertz CT molecular complexity index is 853. The fraction of sp³-hybridized carbons (Fsp3) is 0.630. The highest BCUT2D eigenvalue weighted by Crippen LogP contribution is 2.38. The van der Waals surface area contributed by atoms with Crippen molar-refractivity contribution in [2.75, 3.05) is 26.8 Å². The first-order valence-corrected chi connectivity index (χ1v) is 12.5. The molecule has 0 amide bonds. The molecule has 2 aromatic rings. The third kappa shape index (κ3) is 5.32. The van der Waals surface area contributed by atoms with Crippen LogP contribution in [0.15, 0.2) is 18.2 Å². The number of aromatic nitrogens is 2. The van der Waals surface area contributed by atoms with E-state index in [2.05, 4.69) is 50.8 Å². The van der Waals surface area contributed by atoms with E-state index in [1.807, 2.05) is 0 Å². The van der Waals surface area contributed by atoms with E-state index in [1.165, 1.54) is 16.7 Å². The second-order valence-electron chi connectivity index (χ2n) is 9.01. The minimum absolute atomic E-state index is 0.270. The molecule has 5 heteroatoms. The van der Waals surface area contributed by atoms with E-state index >= 15 is 0 Å². The number of benzene rings is 1. The number of aliphatic hydroxyl groups is 1. The molecule has 2 heterocycles. The highest BCUT2D eigenvalue weighted by Gasteiger charge is 2.30. The zero-order valence-corrected chi connectivity index (χ0v) is 20.7. The lowest BCUT2D eigenvalue weighted by Gasteiger charge is -2.38. The van der Waals surface area contributed by atoms with Crippen molar-refractivity contribution in [3.8, 4) is 17.3 Å². The molecule has 1 aliphatic rings. The summed E-state index contributed by atoms with van der Waals surface area (Å²) in [5.41, 5.74) is 5.91. The van der Waals surface area contributed by atoms with Crippen molar-refractivity contribution in [1.82, 2.24) is 14.9 Å². The number of methoxy groups -OCH3 is 1. The maximum Gasteiger partial charge on any atom is 0.221 e. The lowest BCUT2D eigenvalue weighted by molar-refractivity contribution is 0.110. The summed E-state index contributed by atoms with van der Waals surface area (Å²) in [4.78, 5) is 12.6. The van der Waals surface area contributed by atoms with E-state index in [9.17, 15) is 5.11 Å². The van der Waals surface area contributed by atoms with Gasteiger partial charge in [-0.25, -0.2) is 4.98 Å². The third-order valence-electron chi connectivity index (χ3n) is 7.04. The average Bonchev–Trinajstić information content (AvgIpc) is 2.82. The van der Waals surface area contributed by atoms with Crippen LogP contribution in [-0.4, -0.2) is 46.8 Å². The molecular weight excluding hydrogens is 398 g/mol. The van der Waals surface area contributed by atoms with Crippen LogP contribution >= 0.6 is 0 Å². The minimum Gasteiger partial charge on any atom is -0.481 e. The smallest absolute Gasteiger partial charge is 0.221 e. The van der Waals surface area contributed by atoms with Gasteiger partial charge in [0.1, 0.15) is 0 Å². The van der Waals surface area contributed by atoms with Crippen LogP contribution in [0.2, 0.25) is 0 Å². The molecule has 1 fully saturated rings. The second-order valence-corrected chi connectivity index (χ2v) is 9.01. The van der Waals surface area contributed by atoms with Gasteiger partial charge in [0.25, 0.3) is 0 Å². The highest BCUT2D eigenvalue weighted by atomic mass is 16.5.